The molecule has 0 bridgehead atoms. The molecule has 0 heterocycles. The maximum Gasteiger partial charge on any atom is 0.326 e. The van der Waals surface area contributed by atoms with Crippen LogP contribution in [0.25, 0.3) is 0 Å². The minimum absolute atomic E-state index is 0.0395. The lowest BCUT2D eigenvalue weighted by molar-refractivity contribution is -0.160. The lowest BCUT2D eigenvalue weighted by atomic mass is 9.47. The number of allylic oxidation sites excluding steroid dienone is 1. The topological polar surface area (TPSA) is 110 Å². The molecule has 0 aromatic heterocycles. The summed E-state index contributed by atoms with van der Waals surface area (Å²) in [6, 6.07) is -0.946. The lowest BCUT2D eigenvalue weighted by Gasteiger charge is -2.57. The summed E-state index contributed by atoms with van der Waals surface area (Å²) in [5.74, 6) is -0.0631. The molecule has 36 heavy (non-hydrogen) atoms. The van der Waals surface area contributed by atoms with Crippen LogP contribution in [0.1, 0.15) is 98.3 Å². The molecular formula is C29H43NO6. The summed E-state index contributed by atoms with van der Waals surface area (Å²) < 4.78 is 5.99. The number of ketones is 1. The largest absolute Gasteiger partial charge is 0.480 e. The van der Waals surface area contributed by atoms with Crippen LogP contribution in [-0.2, 0) is 23.9 Å². The van der Waals surface area contributed by atoms with Gasteiger partial charge in [-0.05, 0) is 80.1 Å². The molecule has 2 N–H and O–H groups in total. The van der Waals surface area contributed by atoms with Crippen LogP contribution in [-0.4, -0.2) is 40.9 Å². The Labute approximate surface area is 214 Å². The van der Waals surface area contributed by atoms with E-state index in [9.17, 15) is 24.3 Å². The maximum atomic E-state index is 12.7. The van der Waals surface area contributed by atoms with Crippen molar-refractivity contribution in [2.75, 3.05) is 0 Å². The monoisotopic (exact) mass is 501 g/mol. The maximum absolute atomic E-state index is 12.7. The van der Waals surface area contributed by atoms with E-state index in [-0.39, 0.29) is 47.4 Å². The Morgan fingerprint density at radius 2 is 1.83 bits per heavy atom. The minimum atomic E-state index is -1.06. The SMILES string of the molecule is CC[C@H](C)[C@@H](NC(=O)CCC(=O)O[C@@H]1CC[C@H]2[C@@H]3CCC4=CC(=O)CC[C@]4(C)[C@H]3CC[C@]12C)C(=O)O. The predicted molar refractivity (Wildman–Crippen MR) is 135 cm³/mol. The van der Waals surface area contributed by atoms with Crippen molar-refractivity contribution in [2.45, 2.75) is 110 Å². The number of hydrogen-bond donors (Lipinski definition) is 2. The van der Waals surface area contributed by atoms with Gasteiger partial charge in [-0.2, -0.15) is 0 Å². The first-order valence-electron chi connectivity index (χ1n) is 13.9. The first-order chi connectivity index (χ1) is 17.0. The number of carboxylic acid groups (broad SMARTS) is 1. The number of carbonyl (C=O) groups is 4. The third-order valence-corrected chi connectivity index (χ3v) is 10.5. The van der Waals surface area contributed by atoms with E-state index < -0.39 is 17.9 Å². The van der Waals surface area contributed by atoms with Crippen molar-refractivity contribution in [3.8, 4) is 0 Å². The highest BCUT2D eigenvalue weighted by molar-refractivity contribution is 5.91. The number of rotatable bonds is 8. The number of ether oxygens (including phenoxy) is 1. The van der Waals surface area contributed by atoms with Crippen molar-refractivity contribution < 1.29 is 29.0 Å². The molecule has 0 aromatic rings. The first kappa shape index (κ1) is 26.9. The highest BCUT2D eigenvalue weighted by atomic mass is 16.5. The zero-order valence-electron chi connectivity index (χ0n) is 22.3. The van der Waals surface area contributed by atoms with Crippen molar-refractivity contribution in [2.24, 2.45) is 34.5 Å². The summed E-state index contributed by atoms with van der Waals surface area (Å²) in [7, 11) is 0. The molecule has 8 atom stereocenters. The van der Waals surface area contributed by atoms with E-state index in [1.54, 1.807) is 6.92 Å². The molecular weight excluding hydrogens is 458 g/mol. The number of carboxylic acids is 1. The molecule has 4 aliphatic rings. The van der Waals surface area contributed by atoms with Crippen molar-refractivity contribution in [3.05, 3.63) is 11.6 Å². The predicted octanol–water partition coefficient (Wildman–Crippen LogP) is 4.83. The third-order valence-electron chi connectivity index (χ3n) is 10.5. The molecule has 0 unspecified atom stereocenters. The summed E-state index contributed by atoms with van der Waals surface area (Å²) in [6.07, 6.45) is 10.1. The van der Waals surface area contributed by atoms with Gasteiger partial charge < -0.3 is 15.2 Å². The molecule has 0 aliphatic heterocycles. The van der Waals surface area contributed by atoms with Gasteiger partial charge in [0.1, 0.15) is 12.1 Å². The van der Waals surface area contributed by atoms with E-state index in [4.69, 9.17) is 4.74 Å². The third kappa shape index (κ3) is 4.87. The number of fused-ring (bicyclic) bond motifs is 5. The first-order valence-corrected chi connectivity index (χ1v) is 13.9. The molecule has 200 valence electrons. The number of carbonyl (C=O) groups excluding carboxylic acids is 3. The van der Waals surface area contributed by atoms with Gasteiger partial charge in [-0.25, -0.2) is 4.79 Å². The number of amides is 1. The van der Waals surface area contributed by atoms with Crippen molar-refractivity contribution >= 4 is 23.6 Å². The standard InChI is InChI=1S/C29H43NO6/c1-5-17(2)26(27(34)35)30-24(32)10-11-25(33)36-23-9-8-21-20-7-6-18-16-19(31)12-14-28(18,3)22(20)13-15-29(21,23)4/h16-17,20-23,26H,5-15H2,1-4H3,(H,30,32)(H,34,35)/t17-,20-,21-,22-,23+,26+,28-,29-/m0/s1. The normalized spacial score (nSPS) is 37.0. The Kier molecular flexibility index (Phi) is 7.68. The highest BCUT2D eigenvalue weighted by Gasteiger charge is 2.59. The number of nitrogens with one attached hydrogen (secondary N) is 1. The lowest BCUT2D eigenvalue weighted by Crippen LogP contribution is -2.51. The van der Waals surface area contributed by atoms with Crippen LogP contribution >= 0.6 is 0 Å². The Morgan fingerprint density at radius 3 is 2.53 bits per heavy atom. The van der Waals surface area contributed by atoms with Crippen molar-refractivity contribution in [1.82, 2.24) is 5.32 Å². The summed E-state index contributed by atoms with van der Waals surface area (Å²) in [5.41, 5.74) is 1.44. The average molecular weight is 502 g/mol. The molecule has 7 heteroatoms. The van der Waals surface area contributed by atoms with Gasteiger partial charge in [-0.15, -0.1) is 0 Å². The molecule has 0 radical (unpaired) electrons. The van der Waals surface area contributed by atoms with Crippen LogP contribution in [0.15, 0.2) is 11.6 Å². The summed E-state index contributed by atoms with van der Waals surface area (Å²) in [5, 5.41) is 11.9. The van der Waals surface area contributed by atoms with E-state index in [1.807, 2.05) is 13.0 Å². The Bertz CT molecular complexity index is 942. The number of hydrogen-bond acceptors (Lipinski definition) is 5. The summed E-state index contributed by atoms with van der Waals surface area (Å²) in [6.45, 7) is 8.33. The van der Waals surface area contributed by atoms with Crippen LogP contribution in [0.3, 0.4) is 0 Å². The van der Waals surface area contributed by atoms with Gasteiger partial charge in [0.2, 0.25) is 5.91 Å². The molecule has 7 nitrogen and oxygen atoms in total. The average Bonchev–Trinajstić information content (AvgIpc) is 3.17. The fourth-order valence-corrected chi connectivity index (χ4v) is 8.07. The van der Waals surface area contributed by atoms with Crippen LogP contribution in [0.2, 0.25) is 0 Å². The van der Waals surface area contributed by atoms with Gasteiger partial charge in [0.15, 0.2) is 5.78 Å². The van der Waals surface area contributed by atoms with E-state index in [1.165, 1.54) is 5.57 Å². The van der Waals surface area contributed by atoms with Gasteiger partial charge in [0, 0.05) is 18.3 Å². The van der Waals surface area contributed by atoms with E-state index in [0.717, 1.165) is 44.9 Å². The smallest absolute Gasteiger partial charge is 0.326 e. The van der Waals surface area contributed by atoms with E-state index >= 15 is 0 Å². The van der Waals surface area contributed by atoms with E-state index in [0.29, 0.717) is 30.6 Å². The molecule has 0 aromatic carbocycles. The fraction of sp³-hybridized carbons (Fsp3) is 0.793. The second-order valence-electron chi connectivity index (χ2n) is 12.3. The quantitative estimate of drug-likeness (QED) is 0.461. The minimum Gasteiger partial charge on any atom is -0.480 e. The van der Waals surface area contributed by atoms with Gasteiger partial charge in [0.25, 0.3) is 0 Å². The second kappa shape index (κ2) is 10.3. The molecule has 0 saturated heterocycles. The number of esters is 1. The molecule has 4 aliphatic carbocycles. The zero-order valence-corrected chi connectivity index (χ0v) is 22.3. The number of aliphatic carboxylic acids is 1. The van der Waals surface area contributed by atoms with Crippen LogP contribution in [0, 0.1) is 34.5 Å². The van der Waals surface area contributed by atoms with Gasteiger partial charge >= 0.3 is 11.9 Å². The Hall–Kier alpha value is -2.18. The van der Waals surface area contributed by atoms with Gasteiger partial charge in [-0.3, -0.25) is 14.4 Å². The second-order valence-corrected chi connectivity index (χ2v) is 12.3. The van der Waals surface area contributed by atoms with Crippen molar-refractivity contribution in [3.63, 3.8) is 0 Å². The van der Waals surface area contributed by atoms with E-state index in [2.05, 4.69) is 19.2 Å². The summed E-state index contributed by atoms with van der Waals surface area (Å²) >= 11 is 0. The Balaban J connectivity index is 1.34. The zero-order chi connectivity index (χ0) is 26.3. The molecule has 4 rings (SSSR count). The molecule has 3 fully saturated rings. The molecule has 0 spiro atoms. The fourth-order valence-electron chi connectivity index (χ4n) is 8.07. The van der Waals surface area contributed by atoms with Crippen LogP contribution in [0.5, 0.6) is 0 Å². The van der Waals surface area contributed by atoms with Gasteiger partial charge in [-0.1, -0.05) is 39.7 Å². The van der Waals surface area contributed by atoms with Crippen molar-refractivity contribution in [1.29, 1.82) is 0 Å². The van der Waals surface area contributed by atoms with Crippen LogP contribution < -0.4 is 5.32 Å². The molecule has 1 amide bonds. The summed E-state index contributed by atoms with van der Waals surface area (Å²) in [4.78, 5) is 48.6. The molecule has 3 saturated carbocycles. The van der Waals surface area contributed by atoms with Crippen LogP contribution in [0.4, 0.5) is 0 Å². The Morgan fingerprint density at radius 1 is 1.08 bits per heavy atom. The highest BCUT2D eigenvalue weighted by Crippen LogP contribution is 2.65. The van der Waals surface area contributed by atoms with Gasteiger partial charge in [0.05, 0.1) is 6.42 Å².